The zero-order chi connectivity index (χ0) is 16.6. The van der Waals surface area contributed by atoms with E-state index in [0.29, 0.717) is 5.52 Å². The molecule has 0 aliphatic rings. The van der Waals surface area contributed by atoms with Crippen molar-refractivity contribution in [2.75, 3.05) is 4.72 Å². The Hall–Kier alpha value is -2.52. The molecular weight excluding hydrogens is 338 g/mol. The van der Waals surface area contributed by atoms with Crippen LogP contribution in [0.1, 0.15) is 5.56 Å². The quantitative estimate of drug-likeness (QED) is 0.575. The molecule has 7 nitrogen and oxygen atoms in total. The van der Waals surface area contributed by atoms with Crippen molar-refractivity contribution in [2.24, 2.45) is 0 Å². The Morgan fingerprint density at radius 2 is 2.00 bits per heavy atom. The summed E-state index contributed by atoms with van der Waals surface area (Å²) in [4.78, 5) is 14.2. The highest BCUT2D eigenvalue weighted by atomic mass is 32.2. The molecular formula is C14H11N3O4S2. The first-order valence-electron chi connectivity index (χ1n) is 6.50. The van der Waals surface area contributed by atoms with Crippen molar-refractivity contribution in [3.63, 3.8) is 0 Å². The molecule has 0 spiro atoms. The fraction of sp³-hybridized carbons (Fsp3) is 0.0714. The summed E-state index contributed by atoms with van der Waals surface area (Å²) in [5.74, 6) is 0. The fourth-order valence-electron chi connectivity index (χ4n) is 2.01. The van der Waals surface area contributed by atoms with Crippen LogP contribution in [-0.4, -0.2) is 18.3 Å². The third kappa shape index (κ3) is 3.15. The molecule has 0 bridgehead atoms. The molecule has 0 amide bonds. The second-order valence-corrected chi connectivity index (χ2v) is 7.56. The van der Waals surface area contributed by atoms with Gasteiger partial charge in [0.15, 0.2) is 5.13 Å². The Morgan fingerprint density at radius 3 is 2.74 bits per heavy atom. The SMILES string of the molecule is Cc1ccc2nc(NS(=O)(=O)c3cccc([N+](=O)[O-])c3)sc2c1. The van der Waals surface area contributed by atoms with Gasteiger partial charge in [0.2, 0.25) is 0 Å². The Bertz CT molecular complexity index is 1010. The molecule has 0 unspecified atom stereocenters. The second-order valence-electron chi connectivity index (χ2n) is 4.85. The number of nitrogens with zero attached hydrogens (tertiary/aromatic N) is 2. The first kappa shape index (κ1) is 15.4. The van der Waals surface area contributed by atoms with Gasteiger partial charge in [-0.15, -0.1) is 0 Å². The molecule has 0 atom stereocenters. The Kier molecular flexibility index (Phi) is 3.74. The summed E-state index contributed by atoms with van der Waals surface area (Å²) in [6, 6.07) is 10.5. The van der Waals surface area contributed by atoms with E-state index in [2.05, 4.69) is 9.71 Å². The van der Waals surface area contributed by atoms with Gasteiger partial charge >= 0.3 is 0 Å². The first-order valence-corrected chi connectivity index (χ1v) is 8.79. The van der Waals surface area contributed by atoms with E-state index < -0.39 is 14.9 Å². The predicted octanol–water partition coefficient (Wildman–Crippen LogP) is 3.31. The van der Waals surface area contributed by atoms with Crippen molar-refractivity contribution in [3.05, 3.63) is 58.1 Å². The van der Waals surface area contributed by atoms with Gasteiger partial charge in [-0.3, -0.25) is 14.8 Å². The molecule has 9 heteroatoms. The summed E-state index contributed by atoms with van der Waals surface area (Å²) in [6.45, 7) is 1.94. The van der Waals surface area contributed by atoms with Crippen molar-refractivity contribution in [1.82, 2.24) is 4.98 Å². The van der Waals surface area contributed by atoms with Crippen LogP contribution < -0.4 is 4.72 Å². The predicted molar refractivity (Wildman–Crippen MR) is 88.3 cm³/mol. The van der Waals surface area contributed by atoms with E-state index in [9.17, 15) is 18.5 Å². The Balaban J connectivity index is 1.96. The van der Waals surface area contributed by atoms with Crippen LogP contribution in [-0.2, 0) is 10.0 Å². The summed E-state index contributed by atoms with van der Waals surface area (Å²) in [5.41, 5.74) is 1.46. The van der Waals surface area contributed by atoms with E-state index in [1.54, 1.807) is 0 Å². The zero-order valence-electron chi connectivity index (χ0n) is 11.9. The monoisotopic (exact) mass is 349 g/mol. The van der Waals surface area contributed by atoms with E-state index in [-0.39, 0.29) is 15.7 Å². The zero-order valence-corrected chi connectivity index (χ0v) is 13.5. The van der Waals surface area contributed by atoms with Crippen molar-refractivity contribution >= 4 is 42.4 Å². The first-order chi connectivity index (χ1) is 10.8. The van der Waals surface area contributed by atoms with Gasteiger partial charge in [0.1, 0.15) is 0 Å². The summed E-state index contributed by atoms with van der Waals surface area (Å²) >= 11 is 1.21. The van der Waals surface area contributed by atoms with Crippen molar-refractivity contribution in [2.45, 2.75) is 11.8 Å². The molecule has 1 N–H and O–H groups in total. The highest BCUT2D eigenvalue weighted by Gasteiger charge is 2.19. The maximum absolute atomic E-state index is 12.4. The Labute approximate surface area is 135 Å². The van der Waals surface area contributed by atoms with E-state index >= 15 is 0 Å². The lowest BCUT2D eigenvalue weighted by atomic mass is 10.2. The highest BCUT2D eigenvalue weighted by molar-refractivity contribution is 7.93. The van der Waals surface area contributed by atoms with E-state index in [1.165, 1.54) is 29.5 Å². The number of thiazole rings is 1. The molecule has 3 rings (SSSR count). The number of nitro benzene ring substituents is 1. The molecule has 0 aliphatic carbocycles. The Morgan fingerprint density at radius 1 is 1.22 bits per heavy atom. The average Bonchev–Trinajstić information content (AvgIpc) is 2.87. The molecule has 1 heterocycles. The molecule has 118 valence electrons. The van der Waals surface area contributed by atoms with Crippen LogP contribution in [0.5, 0.6) is 0 Å². The number of nitro groups is 1. The number of hydrogen-bond donors (Lipinski definition) is 1. The topological polar surface area (TPSA) is 102 Å². The number of aryl methyl sites for hydroxylation is 1. The van der Waals surface area contributed by atoms with Crippen LogP contribution in [0.15, 0.2) is 47.4 Å². The summed E-state index contributed by atoms with van der Waals surface area (Å²) in [6.07, 6.45) is 0. The lowest BCUT2D eigenvalue weighted by Crippen LogP contribution is -2.12. The molecule has 23 heavy (non-hydrogen) atoms. The number of non-ortho nitro benzene ring substituents is 1. The van der Waals surface area contributed by atoms with E-state index in [4.69, 9.17) is 0 Å². The number of sulfonamides is 1. The summed E-state index contributed by atoms with van der Waals surface area (Å²) in [7, 11) is -3.93. The van der Waals surface area contributed by atoms with Gasteiger partial charge in [0, 0.05) is 12.1 Å². The lowest BCUT2D eigenvalue weighted by Gasteiger charge is -2.04. The van der Waals surface area contributed by atoms with Crippen LogP contribution in [0.25, 0.3) is 10.2 Å². The number of anilines is 1. The fourth-order valence-corrected chi connectivity index (χ4v) is 4.25. The maximum atomic E-state index is 12.4. The van der Waals surface area contributed by atoms with Gasteiger partial charge in [0.05, 0.1) is 20.0 Å². The molecule has 2 aromatic carbocycles. The third-order valence-electron chi connectivity index (χ3n) is 3.10. The van der Waals surface area contributed by atoms with Gasteiger partial charge < -0.3 is 0 Å². The number of benzene rings is 2. The molecule has 0 fully saturated rings. The molecule has 0 saturated carbocycles. The maximum Gasteiger partial charge on any atom is 0.270 e. The van der Waals surface area contributed by atoms with Crippen LogP contribution >= 0.6 is 11.3 Å². The number of nitrogens with one attached hydrogen (secondary N) is 1. The molecule has 1 aromatic heterocycles. The van der Waals surface area contributed by atoms with Crippen LogP contribution in [0, 0.1) is 17.0 Å². The van der Waals surface area contributed by atoms with Gasteiger partial charge in [-0.25, -0.2) is 13.4 Å². The van der Waals surface area contributed by atoms with Crippen LogP contribution in [0.4, 0.5) is 10.8 Å². The van der Waals surface area contributed by atoms with Crippen molar-refractivity contribution in [1.29, 1.82) is 0 Å². The van der Waals surface area contributed by atoms with Gasteiger partial charge in [-0.05, 0) is 30.7 Å². The number of hydrogen-bond acceptors (Lipinski definition) is 6. The normalized spacial score (nSPS) is 11.5. The second kappa shape index (κ2) is 5.60. The van der Waals surface area contributed by atoms with Crippen molar-refractivity contribution < 1.29 is 13.3 Å². The number of aromatic nitrogens is 1. The summed E-state index contributed by atoms with van der Waals surface area (Å²) < 4.78 is 27.9. The molecule has 0 radical (unpaired) electrons. The summed E-state index contributed by atoms with van der Waals surface area (Å²) in [5, 5.41) is 11.0. The van der Waals surface area contributed by atoms with Gasteiger partial charge in [-0.1, -0.05) is 23.5 Å². The molecule has 0 saturated heterocycles. The smallest absolute Gasteiger partial charge is 0.258 e. The lowest BCUT2D eigenvalue weighted by molar-refractivity contribution is -0.385. The van der Waals surface area contributed by atoms with Gasteiger partial charge in [0.25, 0.3) is 15.7 Å². The van der Waals surface area contributed by atoms with Gasteiger partial charge in [-0.2, -0.15) is 0 Å². The highest BCUT2D eigenvalue weighted by Crippen LogP contribution is 2.28. The largest absolute Gasteiger partial charge is 0.270 e. The minimum Gasteiger partial charge on any atom is -0.258 e. The minimum atomic E-state index is -3.93. The van der Waals surface area contributed by atoms with E-state index in [1.807, 2.05) is 25.1 Å². The van der Waals surface area contributed by atoms with Crippen LogP contribution in [0.3, 0.4) is 0 Å². The third-order valence-corrected chi connectivity index (χ3v) is 5.50. The van der Waals surface area contributed by atoms with Crippen molar-refractivity contribution in [3.8, 4) is 0 Å². The molecule has 3 aromatic rings. The molecule has 0 aliphatic heterocycles. The minimum absolute atomic E-state index is 0.179. The number of fused-ring (bicyclic) bond motifs is 1. The number of rotatable bonds is 4. The average molecular weight is 349 g/mol. The van der Waals surface area contributed by atoms with Crippen LogP contribution in [0.2, 0.25) is 0 Å². The standard InChI is InChI=1S/C14H11N3O4S2/c1-9-5-6-12-13(7-9)22-14(15-12)16-23(20,21)11-4-2-3-10(8-11)17(18)19/h2-8H,1H3,(H,15,16). The van der Waals surface area contributed by atoms with E-state index in [0.717, 1.165) is 16.3 Å².